The van der Waals surface area contributed by atoms with Gasteiger partial charge < -0.3 is 60.0 Å². The number of halogens is 4. The molecule has 0 bridgehead atoms. The third kappa shape index (κ3) is 17.1. The van der Waals surface area contributed by atoms with Crippen molar-refractivity contribution in [2.45, 2.75) is 63.6 Å². The summed E-state index contributed by atoms with van der Waals surface area (Å²) in [6.07, 6.45) is 13.8. The number of carbonyl (C=O) groups excluding carboxylic acids is 4. The van der Waals surface area contributed by atoms with Gasteiger partial charge in [0.05, 0.1) is 108 Å². The van der Waals surface area contributed by atoms with Gasteiger partial charge in [-0.2, -0.15) is 10.2 Å². The molecule has 24 heteroatoms. The van der Waals surface area contributed by atoms with Gasteiger partial charge in [-0.25, -0.2) is 19.6 Å². The SMILES string of the molecule is COc1ccc(C2=NN(c3ccc(OCCCCNCC(OC(=O)/C=C/C(=O)OC(CNCCCCOc4ccc(N5N=C(c6ccc(OC)c(OC)c6)[C@H]6CC=CC[C@H]6C5=O)cc4)c4cc(Cl)c(N)c(Cl)c4)c4cc(Cl)c(N)c(Cl)c4)cc3)C(=O)[C@@H]3CC=CC[C@H]23)cc1OC. The summed E-state index contributed by atoms with van der Waals surface area (Å²) in [5.74, 6) is 1.14. The van der Waals surface area contributed by atoms with E-state index < -0.39 is 24.1 Å². The molecule has 0 radical (unpaired) electrons. The molecule has 2 aliphatic heterocycles. The van der Waals surface area contributed by atoms with Gasteiger partial charge in [-0.1, -0.05) is 70.7 Å². The van der Waals surface area contributed by atoms with E-state index >= 15 is 0 Å². The fourth-order valence-electron chi connectivity index (χ4n) is 11.9. The first-order chi connectivity index (χ1) is 46.5. The van der Waals surface area contributed by atoms with Crippen LogP contribution in [0, 0.1) is 23.7 Å². The van der Waals surface area contributed by atoms with Crippen molar-refractivity contribution in [3.8, 4) is 34.5 Å². The number of amides is 2. The molecule has 0 aromatic heterocycles. The highest BCUT2D eigenvalue weighted by atomic mass is 35.5. The second-order valence-electron chi connectivity index (χ2n) is 23.2. The quantitative estimate of drug-likeness (QED) is 0.0108. The highest BCUT2D eigenvalue weighted by Crippen LogP contribution is 2.42. The summed E-state index contributed by atoms with van der Waals surface area (Å²) in [7, 11) is 6.36. The standard InChI is InChI=1S/C72H76Cl4N8O12/c1-89-59-27-17-43(39-61(59)91-3)69-51-13-5-7-15-53(51)71(87)83(81-69)47-19-23-49(24-20-47)93-33-11-9-31-79-41-63(45-35-55(73)67(77)56(74)36-45)95-65(85)29-30-66(86)96-64(46-37-57(75)68(78)58(76)38-46)42-80-32-10-12-34-94-50-25-21-48(22-26-50)84-72(88)54-16-8-6-14-52(54)70(82-84)44-18-28-60(90-2)62(40-44)92-4/h5-8,17-30,35-40,51-54,63-64,79-80H,9-16,31-34,41-42,77-78H2,1-4H3/b30-29+/t51-,52-,53+,54+,63?,64?/m0/s1. The lowest BCUT2D eigenvalue weighted by atomic mass is 9.76. The number of esters is 2. The fourth-order valence-corrected chi connectivity index (χ4v) is 12.9. The molecule has 96 heavy (non-hydrogen) atoms. The Morgan fingerprint density at radius 2 is 0.854 bits per heavy atom. The van der Waals surface area contributed by atoms with Crippen molar-refractivity contribution in [1.29, 1.82) is 0 Å². The number of nitrogens with two attached hydrogens (primary N) is 2. The minimum absolute atomic E-state index is 0.0638. The number of nitrogens with zero attached hydrogens (tertiary/aromatic N) is 4. The van der Waals surface area contributed by atoms with Crippen LogP contribution in [0.25, 0.3) is 0 Å². The van der Waals surface area contributed by atoms with E-state index in [9.17, 15) is 19.2 Å². The molecule has 6 aromatic rings. The van der Waals surface area contributed by atoms with E-state index in [2.05, 4.69) is 34.9 Å². The minimum atomic E-state index is -0.904. The molecule has 6 atom stereocenters. The molecule has 6 N–H and O–H groups in total. The molecule has 2 unspecified atom stereocenters. The second kappa shape index (κ2) is 33.3. The summed E-state index contributed by atoms with van der Waals surface area (Å²) in [6, 6.07) is 32.2. The number of benzene rings is 6. The second-order valence-corrected chi connectivity index (χ2v) is 24.8. The van der Waals surface area contributed by atoms with Crippen LogP contribution in [-0.2, 0) is 28.7 Å². The summed E-state index contributed by atoms with van der Waals surface area (Å²) in [5, 5.41) is 20.2. The number of nitrogen functional groups attached to an aromatic ring is 2. The van der Waals surface area contributed by atoms with E-state index in [1.165, 1.54) is 10.0 Å². The molecule has 4 aliphatic rings. The summed E-state index contributed by atoms with van der Waals surface area (Å²) in [5.41, 5.74) is 18.0. The number of hydrazone groups is 2. The Balaban J connectivity index is 0.687. The Labute approximate surface area is 578 Å². The number of rotatable bonds is 30. The van der Waals surface area contributed by atoms with Crippen molar-refractivity contribution in [2.75, 3.05) is 89.3 Å². The lowest BCUT2D eigenvalue weighted by Crippen LogP contribution is -2.45. The van der Waals surface area contributed by atoms with E-state index in [-0.39, 0.29) is 80.0 Å². The predicted molar refractivity (Wildman–Crippen MR) is 374 cm³/mol. The van der Waals surface area contributed by atoms with Crippen LogP contribution in [0.2, 0.25) is 20.1 Å². The third-order valence-corrected chi connectivity index (χ3v) is 18.3. The summed E-state index contributed by atoms with van der Waals surface area (Å²) in [6.45, 7) is 2.15. The van der Waals surface area contributed by atoms with Gasteiger partial charge in [0.1, 0.15) is 23.7 Å². The zero-order valence-corrected chi connectivity index (χ0v) is 56.6. The molecular formula is C72H76Cl4N8O12. The average Bonchev–Trinajstić information content (AvgIpc) is 0.770. The Morgan fingerprint density at radius 3 is 1.21 bits per heavy atom. The van der Waals surface area contributed by atoms with Gasteiger partial charge in [-0.15, -0.1) is 0 Å². The van der Waals surface area contributed by atoms with Crippen molar-refractivity contribution in [3.05, 3.63) is 188 Å². The number of unbranched alkanes of at least 4 members (excludes halogenated alkanes) is 2. The molecule has 504 valence electrons. The van der Waals surface area contributed by atoms with Gasteiger partial charge in [-0.05, 0) is 185 Å². The number of anilines is 4. The minimum Gasteiger partial charge on any atom is -0.494 e. The molecule has 0 saturated heterocycles. The normalized spacial score (nSPS) is 18.0. The number of nitrogens with one attached hydrogen (secondary N) is 2. The van der Waals surface area contributed by atoms with Crippen LogP contribution >= 0.6 is 46.4 Å². The number of allylic oxidation sites excluding steroid dienone is 4. The van der Waals surface area contributed by atoms with E-state index in [4.69, 9.17) is 106 Å². The highest BCUT2D eigenvalue weighted by Gasteiger charge is 2.42. The lowest BCUT2D eigenvalue weighted by Gasteiger charge is -2.37. The first-order valence-electron chi connectivity index (χ1n) is 31.6. The zero-order chi connectivity index (χ0) is 67.8. The topological polar surface area (TPSA) is 249 Å². The van der Waals surface area contributed by atoms with Crippen LogP contribution in [0.5, 0.6) is 34.5 Å². The van der Waals surface area contributed by atoms with E-state index in [0.717, 1.165) is 34.7 Å². The highest BCUT2D eigenvalue weighted by molar-refractivity contribution is 6.39. The Morgan fingerprint density at radius 1 is 0.500 bits per heavy atom. The van der Waals surface area contributed by atoms with Crippen LogP contribution in [0.15, 0.2) is 156 Å². The maximum atomic E-state index is 13.9. The third-order valence-electron chi connectivity index (χ3n) is 17.1. The molecule has 0 spiro atoms. The van der Waals surface area contributed by atoms with Crippen LogP contribution in [-0.4, -0.2) is 103 Å². The Hall–Kier alpha value is -8.76. The van der Waals surface area contributed by atoms with Crippen LogP contribution in [0.4, 0.5) is 22.7 Å². The summed E-state index contributed by atoms with van der Waals surface area (Å²) < 4.78 is 46.1. The number of hydrogen-bond donors (Lipinski definition) is 4. The molecule has 2 heterocycles. The van der Waals surface area contributed by atoms with Gasteiger partial charge in [0.15, 0.2) is 23.0 Å². The van der Waals surface area contributed by atoms with Gasteiger partial charge in [0, 0.05) is 48.2 Å². The van der Waals surface area contributed by atoms with Crippen LogP contribution in [0.3, 0.4) is 0 Å². The molecule has 0 fully saturated rings. The van der Waals surface area contributed by atoms with Crippen molar-refractivity contribution >= 4 is 104 Å². The van der Waals surface area contributed by atoms with Gasteiger partial charge in [-0.3, -0.25) is 9.59 Å². The number of ether oxygens (including phenoxy) is 8. The van der Waals surface area contributed by atoms with Crippen molar-refractivity contribution in [3.63, 3.8) is 0 Å². The molecule has 0 saturated carbocycles. The maximum absolute atomic E-state index is 13.9. The molecular weight excluding hydrogens is 1310 g/mol. The van der Waals surface area contributed by atoms with Gasteiger partial charge >= 0.3 is 11.9 Å². The van der Waals surface area contributed by atoms with Gasteiger partial charge in [0.2, 0.25) is 0 Å². The van der Waals surface area contributed by atoms with E-state index in [1.807, 2.05) is 84.9 Å². The van der Waals surface area contributed by atoms with Crippen LogP contribution in [0.1, 0.15) is 85.8 Å². The number of hydrogen-bond acceptors (Lipinski definition) is 18. The lowest BCUT2D eigenvalue weighted by molar-refractivity contribution is -0.146. The van der Waals surface area contributed by atoms with Gasteiger partial charge in [0.25, 0.3) is 11.8 Å². The molecule has 20 nitrogen and oxygen atoms in total. The Kier molecular flexibility index (Phi) is 24.3. The van der Waals surface area contributed by atoms with E-state index in [0.29, 0.717) is 135 Å². The van der Waals surface area contributed by atoms with Crippen LogP contribution < -0.4 is 60.5 Å². The van der Waals surface area contributed by atoms with Crippen molar-refractivity contribution in [2.24, 2.45) is 33.9 Å². The number of carbonyl (C=O) groups is 4. The first kappa shape index (κ1) is 70.1. The largest absolute Gasteiger partial charge is 0.494 e. The summed E-state index contributed by atoms with van der Waals surface area (Å²) >= 11 is 25.8. The first-order valence-corrected chi connectivity index (χ1v) is 33.1. The molecule has 6 aromatic carbocycles. The van der Waals surface area contributed by atoms with Crippen molar-refractivity contribution in [1.82, 2.24) is 10.6 Å². The predicted octanol–water partition coefficient (Wildman–Crippen LogP) is 13.5. The van der Waals surface area contributed by atoms with E-state index in [1.54, 1.807) is 52.7 Å². The number of methoxy groups -OCH3 is 4. The zero-order valence-electron chi connectivity index (χ0n) is 53.6. The molecule has 2 aliphatic carbocycles. The fraction of sp³-hybridized carbons (Fsp3) is 0.333. The Bertz CT molecular complexity index is 3650. The summed E-state index contributed by atoms with van der Waals surface area (Å²) in [4.78, 5) is 54.7. The molecule has 2 amide bonds. The maximum Gasteiger partial charge on any atom is 0.331 e. The average molecular weight is 1390 g/mol. The van der Waals surface area contributed by atoms with Crippen molar-refractivity contribution < 1.29 is 57.1 Å². The molecule has 10 rings (SSSR count). The smallest absolute Gasteiger partial charge is 0.331 e. The monoisotopic (exact) mass is 1380 g/mol. The number of fused-ring (bicyclic) bond motifs is 2.